The van der Waals surface area contributed by atoms with E-state index in [-0.39, 0.29) is 24.2 Å². The van der Waals surface area contributed by atoms with E-state index in [1.165, 1.54) is 0 Å². The van der Waals surface area contributed by atoms with E-state index < -0.39 is 0 Å². The molecule has 3 atom stereocenters. The maximum absolute atomic E-state index is 12.7. The molecule has 1 aromatic rings. The molecule has 0 aliphatic carbocycles. The van der Waals surface area contributed by atoms with Gasteiger partial charge in [0.1, 0.15) is 12.2 Å². The second-order valence-electron chi connectivity index (χ2n) is 5.43. The van der Waals surface area contributed by atoms with Gasteiger partial charge in [-0.25, -0.2) is 0 Å². The summed E-state index contributed by atoms with van der Waals surface area (Å²) in [5.74, 6) is 0.390. The number of ether oxygens (including phenoxy) is 2. The van der Waals surface area contributed by atoms with Gasteiger partial charge in [-0.05, 0) is 32.8 Å². The Kier molecular flexibility index (Phi) is 3.81. The summed E-state index contributed by atoms with van der Waals surface area (Å²) in [6.07, 6.45) is 3.50. The van der Waals surface area contributed by atoms with Crippen LogP contribution in [-0.4, -0.2) is 48.8 Å². The molecule has 0 unspecified atom stereocenters. The topological polar surface area (TPSA) is 51.9 Å². The maximum atomic E-state index is 12.7. The van der Waals surface area contributed by atoms with Crippen molar-refractivity contribution in [2.75, 3.05) is 19.8 Å². The van der Waals surface area contributed by atoms with Gasteiger partial charge in [0.05, 0.1) is 18.8 Å². The van der Waals surface area contributed by atoms with Gasteiger partial charge >= 0.3 is 0 Å². The van der Waals surface area contributed by atoms with Crippen molar-refractivity contribution in [3.05, 3.63) is 23.7 Å². The first kappa shape index (κ1) is 13.6. The Morgan fingerprint density at radius 3 is 3.10 bits per heavy atom. The molecule has 20 heavy (non-hydrogen) atoms. The zero-order chi connectivity index (χ0) is 14.1. The molecule has 0 aromatic carbocycles. The molecular weight excluding hydrogens is 258 g/mol. The largest absolute Gasteiger partial charge is 0.459 e. The number of amides is 1. The monoisotopic (exact) mass is 279 g/mol. The third-order valence-electron chi connectivity index (χ3n) is 4.18. The van der Waals surface area contributed by atoms with Crippen molar-refractivity contribution in [2.45, 2.75) is 44.9 Å². The minimum absolute atomic E-state index is 0.00270. The van der Waals surface area contributed by atoms with Gasteiger partial charge in [0, 0.05) is 18.8 Å². The smallest absolute Gasteiger partial charge is 0.290 e. The van der Waals surface area contributed by atoms with E-state index >= 15 is 0 Å². The molecule has 0 spiro atoms. The van der Waals surface area contributed by atoms with E-state index in [0.29, 0.717) is 18.9 Å². The van der Waals surface area contributed by atoms with Crippen molar-refractivity contribution >= 4 is 5.91 Å². The lowest BCUT2D eigenvalue weighted by atomic mass is 10.0. The zero-order valence-corrected chi connectivity index (χ0v) is 12.0. The minimum atomic E-state index is -0.0461. The molecule has 0 radical (unpaired) electrons. The Morgan fingerprint density at radius 2 is 2.40 bits per heavy atom. The highest BCUT2D eigenvalue weighted by molar-refractivity contribution is 5.93. The molecular formula is C15H21NO4. The van der Waals surface area contributed by atoms with Gasteiger partial charge in [0.2, 0.25) is 0 Å². The Labute approximate surface area is 118 Å². The van der Waals surface area contributed by atoms with Gasteiger partial charge in [0.25, 0.3) is 5.91 Å². The number of likely N-dealkylation sites (tertiary alicyclic amines) is 1. The number of hydrogen-bond acceptors (Lipinski definition) is 4. The number of aryl methyl sites for hydroxylation is 1. The highest BCUT2D eigenvalue weighted by Crippen LogP contribution is 2.32. The van der Waals surface area contributed by atoms with Crippen LogP contribution in [0.4, 0.5) is 0 Å². The van der Waals surface area contributed by atoms with Crippen molar-refractivity contribution in [1.29, 1.82) is 0 Å². The maximum Gasteiger partial charge on any atom is 0.290 e. The van der Waals surface area contributed by atoms with E-state index in [0.717, 1.165) is 25.0 Å². The summed E-state index contributed by atoms with van der Waals surface area (Å²) in [6.45, 7) is 5.84. The van der Waals surface area contributed by atoms with Crippen molar-refractivity contribution in [2.24, 2.45) is 0 Å². The highest BCUT2D eigenvalue weighted by atomic mass is 16.5. The van der Waals surface area contributed by atoms with Crippen LogP contribution in [0.3, 0.4) is 0 Å². The van der Waals surface area contributed by atoms with Crippen LogP contribution in [0, 0.1) is 6.92 Å². The second-order valence-corrected chi connectivity index (χ2v) is 5.43. The highest BCUT2D eigenvalue weighted by Gasteiger charge is 2.47. The summed E-state index contributed by atoms with van der Waals surface area (Å²) < 4.78 is 16.9. The first-order chi connectivity index (χ1) is 9.72. The Morgan fingerprint density at radius 1 is 1.55 bits per heavy atom. The van der Waals surface area contributed by atoms with E-state index in [2.05, 4.69) is 0 Å². The van der Waals surface area contributed by atoms with Gasteiger partial charge in [-0.1, -0.05) is 0 Å². The standard InChI is InChI=1S/C15H21NO4/c1-3-18-12-9-16(11-5-4-7-19-14(11)12)15(17)13-10(2)6-8-20-13/h6,8,11-12,14H,3-5,7,9H2,1-2H3/t11-,12+,14+/m1/s1. The van der Waals surface area contributed by atoms with Crippen molar-refractivity contribution in [3.63, 3.8) is 0 Å². The van der Waals surface area contributed by atoms with E-state index in [1.54, 1.807) is 6.26 Å². The molecule has 110 valence electrons. The summed E-state index contributed by atoms with van der Waals surface area (Å²) >= 11 is 0. The summed E-state index contributed by atoms with van der Waals surface area (Å²) in [7, 11) is 0. The summed E-state index contributed by atoms with van der Waals surface area (Å²) in [5.41, 5.74) is 0.878. The average Bonchev–Trinajstić information content (AvgIpc) is 3.03. The lowest BCUT2D eigenvalue weighted by Gasteiger charge is -2.31. The minimum Gasteiger partial charge on any atom is -0.459 e. The first-order valence-corrected chi connectivity index (χ1v) is 7.30. The SMILES string of the molecule is CCO[C@H]1CN(C(=O)c2occc2C)[C@@H]2CCCO[C@H]12. The number of carbonyl (C=O) groups excluding carboxylic acids is 1. The van der Waals surface area contributed by atoms with Crippen molar-refractivity contribution in [1.82, 2.24) is 4.90 Å². The fraction of sp³-hybridized carbons (Fsp3) is 0.667. The molecule has 2 aliphatic rings. The van der Waals surface area contributed by atoms with Gasteiger partial charge in [-0.3, -0.25) is 4.79 Å². The molecule has 0 bridgehead atoms. The number of hydrogen-bond donors (Lipinski definition) is 0. The van der Waals surface area contributed by atoms with Crippen LogP contribution in [0.1, 0.15) is 35.9 Å². The van der Waals surface area contributed by atoms with Gasteiger partial charge in [-0.15, -0.1) is 0 Å². The number of fused-ring (bicyclic) bond motifs is 1. The van der Waals surface area contributed by atoms with Gasteiger partial charge < -0.3 is 18.8 Å². The lowest BCUT2D eigenvalue weighted by Crippen LogP contribution is -2.43. The summed E-state index contributed by atoms with van der Waals surface area (Å²) in [5, 5.41) is 0. The van der Waals surface area contributed by atoms with Crippen LogP contribution in [0.2, 0.25) is 0 Å². The Hall–Kier alpha value is -1.33. The third-order valence-corrected chi connectivity index (χ3v) is 4.18. The molecule has 2 saturated heterocycles. The van der Waals surface area contributed by atoms with E-state index in [1.807, 2.05) is 24.8 Å². The van der Waals surface area contributed by atoms with Gasteiger partial charge in [-0.2, -0.15) is 0 Å². The fourth-order valence-electron chi connectivity index (χ4n) is 3.23. The van der Waals surface area contributed by atoms with Crippen LogP contribution in [0.15, 0.2) is 16.7 Å². The van der Waals surface area contributed by atoms with Gasteiger partial charge in [0.15, 0.2) is 5.76 Å². The molecule has 3 heterocycles. The molecule has 0 N–H and O–H groups in total. The predicted octanol–water partition coefficient (Wildman–Crippen LogP) is 2.00. The van der Waals surface area contributed by atoms with Crippen molar-refractivity contribution < 1.29 is 18.7 Å². The summed E-state index contributed by atoms with van der Waals surface area (Å²) in [6, 6.07) is 1.93. The Bertz CT molecular complexity index is 484. The van der Waals surface area contributed by atoms with Crippen LogP contribution >= 0.6 is 0 Å². The molecule has 5 heteroatoms. The molecule has 1 aromatic heterocycles. The quantitative estimate of drug-likeness (QED) is 0.849. The third kappa shape index (κ3) is 2.25. The lowest BCUT2D eigenvalue weighted by molar-refractivity contribution is -0.0738. The van der Waals surface area contributed by atoms with Crippen LogP contribution in [0.25, 0.3) is 0 Å². The molecule has 2 fully saturated rings. The molecule has 1 amide bonds. The van der Waals surface area contributed by atoms with Crippen molar-refractivity contribution in [3.8, 4) is 0 Å². The number of nitrogens with zero attached hydrogens (tertiary/aromatic N) is 1. The average molecular weight is 279 g/mol. The number of rotatable bonds is 3. The van der Waals surface area contributed by atoms with Crippen LogP contribution in [-0.2, 0) is 9.47 Å². The zero-order valence-electron chi connectivity index (χ0n) is 12.0. The number of furan rings is 1. The number of carbonyl (C=O) groups is 1. The fourth-order valence-corrected chi connectivity index (χ4v) is 3.23. The van der Waals surface area contributed by atoms with Crippen LogP contribution < -0.4 is 0 Å². The first-order valence-electron chi connectivity index (χ1n) is 7.30. The Balaban J connectivity index is 1.82. The predicted molar refractivity (Wildman–Crippen MR) is 72.7 cm³/mol. The second kappa shape index (κ2) is 5.58. The normalized spacial score (nSPS) is 29.5. The molecule has 5 nitrogen and oxygen atoms in total. The van der Waals surface area contributed by atoms with Crippen LogP contribution in [0.5, 0.6) is 0 Å². The van der Waals surface area contributed by atoms with E-state index in [9.17, 15) is 4.79 Å². The molecule has 2 aliphatic heterocycles. The summed E-state index contributed by atoms with van der Waals surface area (Å²) in [4.78, 5) is 14.5. The molecule has 3 rings (SSSR count). The molecule has 0 saturated carbocycles. The van der Waals surface area contributed by atoms with E-state index in [4.69, 9.17) is 13.9 Å².